The number of hydroxylamine groups is 2. The molecule has 1 fully saturated rings. The van der Waals surface area contributed by atoms with E-state index in [-0.39, 0.29) is 37.4 Å². The van der Waals surface area contributed by atoms with Crippen molar-refractivity contribution in [1.82, 2.24) is 5.06 Å². The fourth-order valence-corrected chi connectivity index (χ4v) is 6.81. The summed E-state index contributed by atoms with van der Waals surface area (Å²) in [6, 6.07) is 0. The van der Waals surface area contributed by atoms with Crippen molar-refractivity contribution >= 4 is 11.8 Å². The van der Waals surface area contributed by atoms with Crippen molar-refractivity contribution in [2.75, 3.05) is 26.4 Å². The molecule has 2 amide bonds. The van der Waals surface area contributed by atoms with Crippen molar-refractivity contribution in [3.63, 3.8) is 0 Å². The van der Waals surface area contributed by atoms with Gasteiger partial charge in [-0.2, -0.15) is 0 Å². The van der Waals surface area contributed by atoms with Gasteiger partial charge in [-0.25, -0.2) is 4.89 Å². The van der Waals surface area contributed by atoms with Crippen molar-refractivity contribution in [2.45, 2.75) is 238 Å². The van der Waals surface area contributed by atoms with Crippen LogP contribution in [-0.2, 0) is 28.9 Å². The summed E-state index contributed by atoms with van der Waals surface area (Å²) in [5.41, 5.74) is 0. The predicted molar refractivity (Wildman–Crippen MR) is 208 cm³/mol. The molecule has 0 radical (unpaired) electrons. The highest BCUT2D eigenvalue weighted by Gasteiger charge is 2.31. The molecule has 0 aromatic rings. The number of amides is 2. The molecule has 296 valence electrons. The third-order valence-electron chi connectivity index (χ3n) is 10.2. The van der Waals surface area contributed by atoms with E-state index in [9.17, 15) is 9.59 Å². The summed E-state index contributed by atoms with van der Waals surface area (Å²) >= 11 is 0. The van der Waals surface area contributed by atoms with E-state index < -0.39 is 0 Å². The number of nitrogens with zero attached hydrogens (tertiary/aromatic N) is 1. The van der Waals surface area contributed by atoms with E-state index in [1.54, 1.807) is 0 Å². The summed E-state index contributed by atoms with van der Waals surface area (Å²) < 4.78 is 12.0. The lowest BCUT2D eigenvalue weighted by Gasteiger charge is -2.19. The second-order valence-electron chi connectivity index (χ2n) is 15.1. The molecule has 1 aliphatic heterocycles. The summed E-state index contributed by atoms with van der Waals surface area (Å²) in [6.45, 7) is 6.47. The highest BCUT2D eigenvalue weighted by atomic mass is 17.3. The zero-order valence-electron chi connectivity index (χ0n) is 33.3. The highest BCUT2D eigenvalue weighted by Crippen LogP contribution is 2.16. The smallest absolute Gasteiger partial charge is 0.256 e. The predicted octanol–water partition coefficient (Wildman–Crippen LogP) is 12.9. The second kappa shape index (κ2) is 37.7. The summed E-state index contributed by atoms with van der Waals surface area (Å²) in [5, 5.41) is 0.726. The van der Waals surface area contributed by atoms with Crippen molar-refractivity contribution in [3.05, 3.63) is 0 Å². The van der Waals surface area contributed by atoms with Gasteiger partial charge in [0.15, 0.2) is 0 Å². The molecule has 0 aromatic carbocycles. The van der Waals surface area contributed by atoms with E-state index in [1.807, 2.05) is 0 Å². The van der Waals surface area contributed by atoms with Crippen molar-refractivity contribution in [3.8, 4) is 0 Å². The molecular weight excluding hydrogens is 626 g/mol. The van der Waals surface area contributed by atoms with Gasteiger partial charge in [0.05, 0.1) is 6.61 Å². The van der Waals surface area contributed by atoms with Crippen LogP contribution in [0.3, 0.4) is 0 Å². The number of hydrogen-bond acceptors (Lipinski definition) is 6. The molecule has 0 unspecified atom stereocenters. The van der Waals surface area contributed by atoms with Crippen molar-refractivity contribution in [1.29, 1.82) is 0 Å². The normalized spacial score (nSPS) is 14.0. The summed E-state index contributed by atoms with van der Waals surface area (Å²) in [5.74, 6) is -0.722. The maximum Gasteiger partial charge on any atom is 0.256 e. The van der Waals surface area contributed by atoms with Gasteiger partial charge in [-0.1, -0.05) is 206 Å². The van der Waals surface area contributed by atoms with Gasteiger partial charge in [0.2, 0.25) is 0 Å². The molecule has 1 heterocycles. The Balaban J connectivity index is 2.03. The van der Waals surface area contributed by atoms with Crippen molar-refractivity contribution < 1.29 is 28.9 Å². The summed E-state index contributed by atoms with van der Waals surface area (Å²) in [4.78, 5) is 33.9. The standard InChI is InChI=1S/C43H83NO6/c1-3-5-7-9-11-13-15-17-19-21-23-25-27-29-31-33-37-47-39-41(40-49-50-44-42(45)35-36-43(44)46)48-38-34-32-30-28-26-24-22-20-18-16-14-12-10-8-6-4-2/h41H,3-40H2,1-2H3/t41-/m1/s1. The van der Waals surface area contributed by atoms with Gasteiger partial charge in [-0.15, -0.1) is 10.1 Å². The van der Waals surface area contributed by atoms with E-state index in [0.29, 0.717) is 19.8 Å². The molecule has 0 saturated carbocycles. The lowest BCUT2D eigenvalue weighted by Crippen LogP contribution is -2.33. The van der Waals surface area contributed by atoms with Crippen LogP contribution in [0, 0.1) is 0 Å². The average molecular weight is 710 g/mol. The third-order valence-corrected chi connectivity index (χ3v) is 10.2. The quantitative estimate of drug-likeness (QED) is 0.0272. The molecule has 0 bridgehead atoms. The number of ether oxygens (including phenoxy) is 2. The first-order valence-corrected chi connectivity index (χ1v) is 22.0. The van der Waals surface area contributed by atoms with E-state index in [1.165, 1.54) is 193 Å². The molecule has 0 spiro atoms. The highest BCUT2D eigenvalue weighted by molar-refractivity contribution is 6.00. The van der Waals surface area contributed by atoms with E-state index in [2.05, 4.69) is 13.8 Å². The zero-order valence-corrected chi connectivity index (χ0v) is 33.3. The Morgan fingerprint density at radius 1 is 0.440 bits per heavy atom. The minimum Gasteiger partial charge on any atom is -0.379 e. The molecule has 1 aliphatic rings. The minimum atomic E-state index is -0.361. The van der Waals surface area contributed by atoms with Crippen LogP contribution in [0.4, 0.5) is 0 Å². The van der Waals surface area contributed by atoms with Crippen LogP contribution in [0.5, 0.6) is 0 Å². The molecule has 1 atom stereocenters. The molecule has 0 N–H and O–H groups in total. The number of unbranched alkanes of at least 4 members (excludes halogenated alkanes) is 30. The molecule has 0 aliphatic carbocycles. The first-order valence-electron chi connectivity index (χ1n) is 22.0. The molecule has 50 heavy (non-hydrogen) atoms. The second-order valence-corrected chi connectivity index (χ2v) is 15.1. The lowest BCUT2D eigenvalue weighted by atomic mass is 10.0. The Hall–Kier alpha value is -1.02. The summed E-state index contributed by atoms with van der Waals surface area (Å²) in [6.07, 6.45) is 43.2. The molecule has 7 heteroatoms. The molecule has 1 saturated heterocycles. The largest absolute Gasteiger partial charge is 0.379 e. The lowest BCUT2D eigenvalue weighted by molar-refractivity contribution is -0.401. The van der Waals surface area contributed by atoms with Crippen LogP contribution in [0.2, 0.25) is 0 Å². The van der Waals surface area contributed by atoms with E-state index in [4.69, 9.17) is 19.3 Å². The Labute approximate surface area is 309 Å². The third kappa shape index (κ3) is 30.6. The average Bonchev–Trinajstić information content (AvgIpc) is 3.44. The van der Waals surface area contributed by atoms with E-state index in [0.717, 1.165) is 17.9 Å². The van der Waals surface area contributed by atoms with Crippen molar-refractivity contribution in [2.24, 2.45) is 0 Å². The van der Waals surface area contributed by atoms with Crippen LogP contribution in [-0.4, -0.2) is 49.4 Å². The fourth-order valence-electron chi connectivity index (χ4n) is 6.81. The minimum absolute atomic E-state index is 0.120. The van der Waals surface area contributed by atoms with Gasteiger partial charge in [0.1, 0.15) is 12.7 Å². The fraction of sp³-hybridized carbons (Fsp3) is 0.953. The zero-order chi connectivity index (χ0) is 36.0. The number of hydrogen-bond donors (Lipinski definition) is 0. The van der Waals surface area contributed by atoms with E-state index >= 15 is 0 Å². The SMILES string of the molecule is CCCCCCCCCCCCCCCCCCOC[C@H](COON1C(=O)CCC1=O)OCCCCCCCCCCCCCCCCCC. The first kappa shape index (κ1) is 47.0. The number of carbonyl (C=O) groups is 2. The summed E-state index contributed by atoms with van der Waals surface area (Å²) in [7, 11) is 0. The number of rotatable bonds is 41. The van der Waals surface area contributed by atoms with Gasteiger partial charge in [-0.05, 0) is 12.8 Å². The molecule has 0 aromatic heterocycles. The Morgan fingerprint density at radius 2 is 0.760 bits per heavy atom. The van der Waals surface area contributed by atoms with Crippen LogP contribution < -0.4 is 0 Å². The van der Waals surface area contributed by atoms with Gasteiger partial charge >= 0.3 is 0 Å². The Kier molecular flexibility index (Phi) is 35.5. The number of imide groups is 1. The first-order chi connectivity index (χ1) is 24.7. The van der Waals surface area contributed by atoms with Gasteiger partial charge < -0.3 is 9.47 Å². The van der Waals surface area contributed by atoms with Crippen LogP contribution >= 0.6 is 0 Å². The van der Waals surface area contributed by atoms with Gasteiger partial charge in [0, 0.05) is 26.1 Å². The van der Waals surface area contributed by atoms with Gasteiger partial charge in [0.25, 0.3) is 11.8 Å². The van der Waals surface area contributed by atoms with Gasteiger partial charge in [-0.3, -0.25) is 9.59 Å². The number of carbonyl (C=O) groups excluding carboxylic acids is 2. The topological polar surface area (TPSA) is 74.3 Å². The maximum absolute atomic E-state index is 11.8. The maximum atomic E-state index is 11.8. The molecule has 7 nitrogen and oxygen atoms in total. The Bertz CT molecular complexity index is 718. The Morgan fingerprint density at radius 3 is 1.12 bits per heavy atom. The van der Waals surface area contributed by atoms with Crippen LogP contribution in [0.1, 0.15) is 232 Å². The van der Waals surface area contributed by atoms with Crippen LogP contribution in [0.15, 0.2) is 0 Å². The monoisotopic (exact) mass is 710 g/mol. The van der Waals surface area contributed by atoms with Crippen LogP contribution in [0.25, 0.3) is 0 Å². The molecular formula is C43H83NO6. The molecule has 1 rings (SSSR count).